The molecule has 0 bridgehead atoms. The number of aryl methyl sites for hydroxylation is 2. The Hall–Kier alpha value is -3.20. The van der Waals surface area contributed by atoms with Gasteiger partial charge in [0.25, 0.3) is 0 Å². The highest BCUT2D eigenvalue weighted by Crippen LogP contribution is 2.26. The van der Waals surface area contributed by atoms with Crippen LogP contribution < -0.4 is 4.74 Å². The predicted molar refractivity (Wildman–Crippen MR) is 164 cm³/mol. The average molecular weight is 638 g/mol. The van der Waals surface area contributed by atoms with Crippen molar-refractivity contribution in [2.45, 2.75) is 104 Å². The molecule has 0 unspecified atom stereocenters. The number of aromatic hydroxyl groups is 1. The third-order valence-electron chi connectivity index (χ3n) is 4.75. The van der Waals surface area contributed by atoms with Crippen LogP contribution in [0, 0.1) is 13.8 Å². The van der Waals surface area contributed by atoms with Crippen LogP contribution in [0.15, 0.2) is 36.4 Å². The normalized spacial score (nSPS) is 11.5. The molecule has 0 aliphatic rings. The van der Waals surface area contributed by atoms with Crippen LogP contribution in [0.2, 0.25) is 0 Å². The summed E-state index contributed by atoms with van der Waals surface area (Å²) in [4.78, 5) is 44.6. The minimum Gasteiger partial charge on any atom is -0.507 e. The number of phenols is 1. The molecule has 0 fully saturated rings. The van der Waals surface area contributed by atoms with Crippen LogP contribution in [0.4, 0.5) is 0 Å². The quantitative estimate of drug-likeness (QED) is 0.199. The molecule has 9 heteroatoms. The number of rotatable bonds is 6. The van der Waals surface area contributed by atoms with Crippen molar-refractivity contribution in [2.75, 3.05) is 0 Å². The highest BCUT2D eigenvalue weighted by Gasteiger charge is 2.35. The van der Waals surface area contributed by atoms with Gasteiger partial charge in [-0.05, 0) is 118 Å². The summed E-state index contributed by atoms with van der Waals surface area (Å²) < 4.78 is 15.6. The largest absolute Gasteiger partial charge is 0.507 e. The number of esters is 2. The van der Waals surface area contributed by atoms with Crippen LogP contribution >= 0.6 is 15.9 Å². The summed E-state index contributed by atoms with van der Waals surface area (Å²) in [5, 5.41) is 9.06. The molecule has 0 radical (unpaired) electrons. The summed E-state index contributed by atoms with van der Waals surface area (Å²) in [6, 6.07) is 10.2. The fourth-order valence-electron chi connectivity index (χ4n) is 2.70. The van der Waals surface area contributed by atoms with E-state index in [1.54, 1.807) is 78.8 Å². The van der Waals surface area contributed by atoms with Gasteiger partial charge in [-0.15, -0.1) is 0 Å². The fraction of sp³-hybridized carbons (Fsp3) is 0.500. The van der Waals surface area contributed by atoms with E-state index in [1.807, 2.05) is 40.7 Å². The van der Waals surface area contributed by atoms with Crippen molar-refractivity contribution in [3.8, 4) is 11.5 Å². The van der Waals surface area contributed by atoms with Gasteiger partial charge in [0.05, 0.1) is 11.1 Å². The van der Waals surface area contributed by atoms with Crippen molar-refractivity contribution in [1.29, 1.82) is 0 Å². The van der Waals surface area contributed by atoms with Gasteiger partial charge in [-0.1, -0.05) is 28.1 Å². The van der Waals surface area contributed by atoms with Crippen LogP contribution in [-0.4, -0.2) is 50.7 Å². The van der Waals surface area contributed by atoms with Gasteiger partial charge in [0.2, 0.25) is 0 Å². The zero-order valence-corrected chi connectivity index (χ0v) is 27.9. The van der Waals surface area contributed by atoms with E-state index in [9.17, 15) is 19.2 Å². The van der Waals surface area contributed by atoms with Crippen molar-refractivity contribution in [3.63, 3.8) is 0 Å². The van der Waals surface area contributed by atoms with E-state index in [2.05, 4.69) is 15.9 Å². The maximum Gasteiger partial charge on any atom is 0.350 e. The number of phenolic OH excluding ortho intramolecular Hbond substituents is 1. The molecule has 2 aromatic rings. The molecule has 1 N–H and O–H groups in total. The third-order valence-corrected chi connectivity index (χ3v) is 5.07. The van der Waals surface area contributed by atoms with Gasteiger partial charge in [0.15, 0.2) is 18.2 Å². The van der Waals surface area contributed by atoms with Gasteiger partial charge >= 0.3 is 11.9 Å². The molecule has 2 aromatic carbocycles. The molecule has 0 saturated heterocycles. The first-order chi connectivity index (χ1) is 18.4. The standard InChI is InChI=1S/C16H22O4.C8H15BrO2.C8H8O2/c1-11-7-8-12(10-17)13(9-11)19-16(5,6)14(18)20-15(2,3)4;1-7(2,3)11-6(10)8(4,5)9;1-6-2-3-7(5-9)8(10)4-6/h7-10H,1-6H3;1-5H3;2-5,10H,1H3. The van der Waals surface area contributed by atoms with E-state index >= 15 is 0 Å². The van der Waals surface area contributed by atoms with Crippen LogP contribution in [0.3, 0.4) is 0 Å². The third kappa shape index (κ3) is 15.4. The molecule has 0 heterocycles. The maximum absolute atomic E-state index is 12.1. The molecule has 0 aliphatic carbocycles. The Labute approximate surface area is 252 Å². The molecule has 0 aliphatic heterocycles. The molecule has 228 valence electrons. The van der Waals surface area contributed by atoms with E-state index in [0.717, 1.165) is 11.1 Å². The fourth-order valence-corrected chi connectivity index (χ4v) is 2.78. The van der Waals surface area contributed by atoms with Gasteiger partial charge in [0, 0.05) is 0 Å². The SMILES string of the molecule is CC(C)(C)OC(=O)C(C)(C)Br.Cc1ccc(C=O)c(O)c1.Cc1ccc(C=O)c(OC(C)(C)C(=O)OC(C)(C)C)c1. The van der Waals surface area contributed by atoms with E-state index in [0.29, 0.717) is 29.4 Å². The van der Waals surface area contributed by atoms with Crippen LogP contribution in [0.25, 0.3) is 0 Å². The molecule has 0 amide bonds. The Bertz CT molecular complexity index is 1200. The zero-order valence-electron chi connectivity index (χ0n) is 26.3. The van der Waals surface area contributed by atoms with Gasteiger partial charge in [-0.2, -0.15) is 0 Å². The zero-order chi connectivity index (χ0) is 32.4. The summed E-state index contributed by atoms with van der Waals surface area (Å²) in [6.45, 7) is 21.5. The Morgan fingerprint density at radius 1 is 0.707 bits per heavy atom. The summed E-state index contributed by atoms with van der Waals surface area (Å²) in [6.07, 6.45) is 1.34. The molecular formula is C32H45BrO8. The van der Waals surface area contributed by atoms with Crippen molar-refractivity contribution in [1.82, 2.24) is 0 Å². The monoisotopic (exact) mass is 636 g/mol. The van der Waals surface area contributed by atoms with Crippen molar-refractivity contribution in [3.05, 3.63) is 58.7 Å². The Morgan fingerprint density at radius 3 is 1.49 bits per heavy atom. The highest BCUT2D eigenvalue weighted by molar-refractivity contribution is 9.10. The lowest BCUT2D eigenvalue weighted by molar-refractivity contribution is -0.171. The molecule has 8 nitrogen and oxygen atoms in total. The number of hydrogen-bond acceptors (Lipinski definition) is 8. The number of carbonyl (C=O) groups excluding carboxylic acids is 4. The van der Waals surface area contributed by atoms with Crippen molar-refractivity contribution < 1.29 is 38.5 Å². The van der Waals surface area contributed by atoms with Crippen molar-refractivity contribution in [2.24, 2.45) is 0 Å². The lowest BCUT2D eigenvalue weighted by Crippen LogP contribution is -2.43. The number of hydrogen-bond donors (Lipinski definition) is 1. The molecule has 0 saturated carbocycles. The minimum atomic E-state index is -1.17. The second kappa shape index (κ2) is 15.1. The Kier molecular flexibility index (Phi) is 14.0. The molecule has 41 heavy (non-hydrogen) atoms. The van der Waals surface area contributed by atoms with Crippen molar-refractivity contribution >= 4 is 40.4 Å². The number of carbonyl (C=O) groups is 4. The number of halogens is 1. The van der Waals surface area contributed by atoms with Gasteiger partial charge in [0.1, 0.15) is 27.0 Å². The second-order valence-corrected chi connectivity index (χ2v) is 14.4. The van der Waals surface area contributed by atoms with E-state index < -0.39 is 27.1 Å². The number of benzene rings is 2. The van der Waals surface area contributed by atoms with Crippen LogP contribution in [0.1, 0.15) is 101 Å². The average Bonchev–Trinajstić information content (AvgIpc) is 2.77. The Morgan fingerprint density at radius 2 is 1.12 bits per heavy atom. The minimum absolute atomic E-state index is 0.0509. The van der Waals surface area contributed by atoms with Gasteiger partial charge in [-0.3, -0.25) is 14.4 Å². The first-order valence-corrected chi connectivity index (χ1v) is 13.9. The first-order valence-electron chi connectivity index (χ1n) is 13.1. The summed E-state index contributed by atoms with van der Waals surface area (Å²) in [7, 11) is 0. The van der Waals surface area contributed by atoms with Crippen LogP contribution in [0.5, 0.6) is 11.5 Å². The molecule has 0 atom stereocenters. The molecule has 0 spiro atoms. The lowest BCUT2D eigenvalue weighted by atomic mass is 10.1. The van der Waals surface area contributed by atoms with E-state index in [1.165, 1.54) is 0 Å². The first kappa shape index (κ1) is 37.8. The van der Waals surface area contributed by atoms with E-state index in [4.69, 9.17) is 19.3 Å². The van der Waals surface area contributed by atoms with Gasteiger partial charge in [-0.25, -0.2) is 4.79 Å². The maximum atomic E-state index is 12.1. The second-order valence-electron chi connectivity index (χ2n) is 12.4. The van der Waals surface area contributed by atoms with Gasteiger partial charge < -0.3 is 19.3 Å². The topological polar surface area (TPSA) is 116 Å². The Balaban J connectivity index is 0.000000643. The number of aldehydes is 2. The number of ether oxygens (including phenoxy) is 3. The molecule has 2 rings (SSSR count). The summed E-state index contributed by atoms with van der Waals surface area (Å²) in [5.41, 5.74) is 0.491. The van der Waals surface area contributed by atoms with E-state index in [-0.39, 0.29) is 11.7 Å². The lowest BCUT2D eigenvalue weighted by Gasteiger charge is -2.29. The summed E-state index contributed by atoms with van der Waals surface area (Å²) >= 11 is 3.22. The smallest absolute Gasteiger partial charge is 0.350 e. The summed E-state index contributed by atoms with van der Waals surface area (Å²) in [5.74, 6) is -0.265. The molecule has 0 aromatic heterocycles. The predicted octanol–water partition coefficient (Wildman–Crippen LogP) is 7.32. The number of alkyl halides is 1. The highest BCUT2D eigenvalue weighted by atomic mass is 79.9. The molecular weight excluding hydrogens is 592 g/mol. The van der Waals surface area contributed by atoms with Crippen LogP contribution in [-0.2, 0) is 19.1 Å².